The summed E-state index contributed by atoms with van der Waals surface area (Å²) in [7, 11) is 0. The maximum Gasteiger partial charge on any atom is 0.128 e. The Balaban J connectivity index is 1.69. The van der Waals surface area contributed by atoms with Crippen LogP contribution in [0, 0.1) is 0 Å². The maximum absolute atomic E-state index is 4.41. The molecule has 5 heteroatoms. The van der Waals surface area contributed by atoms with Crippen LogP contribution >= 0.6 is 15.9 Å². The van der Waals surface area contributed by atoms with Gasteiger partial charge in [0, 0.05) is 44.8 Å². The molecule has 0 N–H and O–H groups in total. The largest absolute Gasteiger partial charge is 0.367 e. The lowest BCUT2D eigenvalue weighted by atomic mass is 10.2. The molecule has 1 aliphatic rings. The fourth-order valence-electron chi connectivity index (χ4n) is 2.34. The van der Waals surface area contributed by atoms with Gasteiger partial charge in [-0.1, -0.05) is 6.07 Å². The van der Waals surface area contributed by atoms with Gasteiger partial charge >= 0.3 is 0 Å². The van der Waals surface area contributed by atoms with Crippen molar-refractivity contribution < 1.29 is 0 Å². The molecule has 1 saturated heterocycles. The Kier molecular flexibility index (Phi) is 3.64. The van der Waals surface area contributed by atoms with Crippen molar-refractivity contribution in [1.82, 2.24) is 9.97 Å². The van der Waals surface area contributed by atoms with Gasteiger partial charge in [0.1, 0.15) is 5.82 Å². The van der Waals surface area contributed by atoms with Gasteiger partial charge < -0.3 is 9.80 Å². The molecular weight excluding hydrogens is 304 g/mol. The molecule has 1 aliphatic heterocycles. The van der Waals surface area contributed by atoms with Gasteiger partial charge in [0.25, 0.3) is 0 Å². The average Bonchev–Trinajstić information content (AvgIpc) is 2.49. The Morgan fingerprint density at radius 3 is 2.42 bits per heavy atom. The standard InChI is InChI=1S/C14H15BrN4/c15-12-11-16-6-4-13(12)18-7-9-19(10-8-18)14-3-1-2-5-17-14/h1-6,11H,7-10H2. The summed E-state index contributed by atoms with van der Waals surface area (Å²) in [5, 5.41) is 0. The van der Waals surface area contributed by atoms with E-state index in [1.54, 1.807) is 0 Å². The van der Waals surface area contributed by atoms with Gasteiger partial charge in [-0.05, 0) is 34.1 Å². The SMILES string of the molecule is Brc1cnccc1N1CCN(c2ccccn2)CC1. The zero-order chi connectivity index (χ0) is 13.1. The number of anilines is 2. The third-order valence-corrected chi connectivity index (χ3v) is 3.96. The number of aromatic nitrogens is 2. The molecular formula is C14H15BrN4. The Labute approximate surface area is 121 Å². The van der Waals surface area contributed by atoms with Gasteiger partial charge in [-0.3, -0.25) is 4.98 Å². The zero-order valence-electron chi connectivity index (χ0n) is 10.5. The van der Waals surface area contributed by atoms with E-state index in [4.69, 9.17) is 0 Å². The van der Waals surface area contributed by atoms with E-state index >= 15 is 0 Å². The van der Waals surface area contributed by atoms with E-state index in [1.807, 2.05) is 30.7 Å². The van der Waals surface area contributed by atoms with Gasteiger partial charge in [0.2, 0.25) is 0 Å². The zero-order valence-corrected chi connectivity index (χ0v) is 12.1. The average molecular weight is 319 g/mol. The number of piperazine rings is 1. The molecule has 0 bridgehead atoms. The number of hydrogen-bond donors (Lipinski definition) is 0. The topological polar surface area (TPSA) is 32.3 Å². The normalized spacial score (nSPS) is 15.6. The van der Waals surface area contributed by atoms with Gasteiger partial charge in [0.15, 0.2) is 0 Å². The Hall–Kier alpha value is -1.62. The van der Waals surface area contributed by atoms with Crippen molar-refractivity contribution in [2.75, 3.05) is 36.0 Å². The molecule has 0 amide bonds. The summed E-state index contributed by atoms with van der Waals surface area (Å²) < 4.78 is 1.06. The van der Waals surface area contributed by atoms with Gasteiger partial charge in [0.05, 0.1) is 10.2 Å². The van der Waals surface area contributed by atoms with Crippen molar-refractivity contribution in [3.05, 3.63) is 47.3 Å². The molecule has 3 rings (SSSR count). The van der Waals surface area contributed by atoms with E-state index < -0.39 is 0 Å². The highest BCUT2D eigenvalue weighted by Crippen LogP contribution is 2.26. The Morgan fingerprint density at radius 1 is 0.947 bits per heavy atom. The Morgan fingerprint density at radius 2 is 1.74 bits per heavy atom. The summed E-state index contributed by atoms with van der Waals surface area (Å²) in [4.78, 5) is 13.2. The summed E-state index contributed by atoms with van der Waals surface area (Å²) in [6.07, 6.45) is 5.53. The molecule has 2 aromatic heterocycles. The quantitative estimate of drug-likeness (QED) is 0.852. The van der Waals surface area contributed by atoms with Crippen LogP contribution in [-0.2, 0) is 0 Å². The van der Waals surface area contributed by atoms with E-state index in [1.165, 1.54) is 5.69 Å². The van der Waals surface area contributed by atoms with Crippen LogP contribution in [0.2, 0.25) is 0 Å². The predicted molar refractivity (Wildman–Crippen MR) is 80.6 cm³/mol. The van der Waals surface area contributed by atoms with Crippen LogP contribution in [0.1, 0.15) is 0 Å². The summed E-state index contributed by atoms with van der Waals surface area (Å²) >= 11 is 3.56. The lowest BCUT2D eigenvalue weighted by Gasteiger charge is -2.37. The highest BCUT2D eigenvalue weighted by Gasteiger charge is 2.19. The second-order valence-electron chi connectivity index (χ2n) is 4.49. The second-order valence-corrected chi connectivity index (χ2v) is 5.34. The van der Waals surface area contributed by atoms with E-state index in [0.29, 0.717) is 0 Å². The van der Waals surface area contributed by atoms with Gasteiger partial charge in [-0.25, -0.2) is 4.98 Å². The highest BCUT2D eigenvalue weighted by atomic mass is 79.9. The Bertz CT molecular complexity index is 538. The lowest BCUT2D eigenvalue weighted by molar-refractivity contribution is 0.646. The molecule has 98 valence electrons. The summed E-state index contributed by atoms with van der Waals surface area (Å²) in [5.41, 5.74) is 1.22. The van der Waals surface area contributed by atoms with Crippen LogP contribution in [0.3, 0.4) is 0 Å². The monoisotopic (exact) mass is 318 g/mol. The van der Waals surface area contributed by atoms with Crippen molar-refractivity contribution in [2.45, 2.75) is 0 Å². The maximum atomic E-state index is 4.41. The molecule has 0 unspecified atom stereocenters. The summed E-state index contributed by atoms with van der Waals surface area (Å²) in [5.74, 6) is 1.07. The van der Waals surface area contributed by atoms with E-state index in [0.717, 1.165) is 36.5 Å². The van der Waals surface area contributed by atoms with Crippen LogP contribution in [-0.4, -0.2) is 36.1 Å². The molecule has 0 aromatic carbocycles. The second kappa shape index (κ2) is 5.57. The molecule has 0 radical (unpaired) electrons. The first-order valence-electron chi connectivity index (χ1n) is 6.35. The summed E-state index contributed by atoms with van der Waals surface area (Å²) in [6.45, 7) is 3.98. The first-order valence-corrected chi connectivity index (χ1v) is 7.14. The molecule has 3 heterocycles. The van der Waals surface area contributed by atoms with Crippen molar-refractivity contribution in [3.63, 3.8) is 0 Å². The van der Waals surface area contributed by atoms with E-state index in [9.17, 15) is 0 Å². The number of halogens is 1. The number of pyridine rings is 2. The van der Waals surface area contributed by atoms with Crippen LogP contribution in [0.25, 0.3) is 0 Å². The predicted octanol–water partition coefficient (Wildman–Crippen LogP) is 2.57. The first kappa shape index (κ1) is 12.4. The van der Waals surface area contributed by atoms with Crippen LogP contribution in [0.15, 0.2) is 47.3 Å². The van der Waals surface area contributed by atoms with Crippen LogP contribution < -0.4 is 9.80 Å². The van der Waals surface area contributed by atoms with E-state index in [2.05, 4.69) is 47.8 Å². The first-order chi connectivity index (χ1) is 9.34. The van der Waals surface area contributed by atoms with Crippen molar-refractivity contribution in [1.29, 1.82) is 0 Å². The van der Waals surface area contributed by atoms with Crippen LogP contribution in [0.5, 0.6) is 0 Å². The molecule has 0 spiro atoms. The molecule has 0 atom stereocenters. The van der Waals surface area contributed by atoms with Crippen molar-refractivity contribution in [3.8, 4) is 0 Å². The minimum atomic E-state index is 0.992. The summed E-state index contributed by atoms with van der Waals surface area (Å²) in [6, 6.07) is 8.11. The molecule has 1 fully saturated rings. The third-order valence-electron chi connectivity index (χ3n) is 3.34. The minimum absolute atomic E-state index is 0.992. The highest BCUT2D eigenvalue weighted by molar-refractivity contribution is 9.10. The fourth-order valence-corrected chi connectivity index (χ4v) is 2.84. The molecule has 0 aliphatic carbocycles. The molecule has 19 heavy (non-hydrogen) atoms. The fraction of sp³-hybridized carbons (Fsp3) is 0.286. The smallest absolute Gasteiger partial charge is 0.128 e. The molecule has 2 aromatic rings. The van der Waals surface area contributed by atoms with Crippen LogP contribution in [0.4, 0.5) is 11.5 Å². The number of hydrogen-bond acceptors (Lipinski definition) is 4. The van der Waals surface area contributed by atoms with E-state index in [-0.39, 0.29) is 0 Å². The lowest BCUT2D eigenvalue weighted by Crippen LogP contribution is -2.46. The number of rotatable bonds is 2. The van der Waals surface area contributed by atoms with Gasteiger partial charge in [-0.2, -0.15) is 0 Å². The van der Waals surface area contributed by atoms with Crippen molar-refractivity contribution >= 4 is 27.4 Å². The molecule has 4 nitrogen and oxygen atoms in total. The third kappa shape index (κ3) is 2.71. The number of nitrogens with zero attached hydrogens (tertiary/aromatic N) is 4. The van der Waals surface area contributed by atoms with Crippen molar-refractivity contribution in [2.24, 2.45) is 0 Å². The van der Waals surface area contributed by atoms with Gasteiger partial charge in [-0.15, -0.1) is 0 Å². The molecule has 0 saturated carbocycles. The minimum Gasteiger partial charge on any atom is -0.367 e.